The summed E-state index contributed by atoms with van der Waals surface area (Å²) in [4.78, 5) is 42.8. The lowest BCUT2D eigenvalue weighted by Gasteiger charge is -2.29. The molecule has 0 aliphatic heterocycles. The first-order chi connectivity index (χ1) is 22.5. The third-order valence-corrected chi connectivity index (χ3v) is 8.48. The number of nitrogens with zero attached hydrogens (tertiary/aromatic N) is 4. The number of primary amides is 1. The van der Waals surface area contributed by atoms with Gasteiger partial charge in [-0.3, -0.25) is 4.79 Å². The quantitative estimate of drug-likeness (QED) is 0.136. The largest absolute Gasteiger partial charge is 0.508 e. The Morgan fingerprint density at radius 1 is 1.06 bits per heavy atom. The monoisotopic (exact) mass is 651 g/mol. The number of aromatic hydroxyl groups is 1. The maximum atomic E-state index is 14.1. The van der Waals surface area contributed by atoms with Gasteiger partial charge in [-0.2, -0.15) is 9.66 Å². The fourth-order valence-corrected chi connectivity index (χ4v) is 6.17. The van der Waals surface area contributed by atoms with Gasteiger partial charge in [-0.1, -0.05) is 35.6 Å². The zero-order valence-electron chi connectivity index (χ0n) is 26.2. The van der Waals surface area contributed by atoms with E-state index in [1.807, 2.05) is 41.9 Å². The van der Waals surface area contributed by atoms with E-state index < -0.39 is 23.9 Å². The van der Waals surface area contributed by atoms with Gasteiger partial charge >= 0.3 is 17.0 Å². The van der Waals surface area contributed by atoms with Crippen molar-refractivity contribution >= 4 is 39.9 Å². The number of nitrogens with two attached hydrogens (primary N) is 1. The van der Waals surface area contributed by atoms with Crippen LogP contribution < -0.4 is 15.5 Å². The number of nitriles is 1. The predicted molar refractivity (Wildman–Crippen MR) is 177 cm³/mol. The maximum absolute atomic E-state index is 14.1. The summed E-state index contributed by atoms with van der Waals surface area (Å²) in [5.74, 6) is -1.11. The summed E-state index contributed by atoms with van der Waals surface area (Å²) in [6.45, 7) is 5.97. The van der Waals surface area contributed by atoms with Crippen LogP contribution in [0, 0.1) is 18.3 Å². The number of anilines is 1. The van der Waals surface area contributed by atoms with Crippen LogP contribution in [0.1, 0.15) is 51.5 Å². The molecule has 5 rings (SSSR count). The van der Waals surface area contributed by atoms with Gasteiger partial charge in [0.1, 0.15) is 30.7 Å². The molecular weight excluding hydrogens is 616 g/mol. The van der Waals surface area contributed by atoms with Gasteiger partial charge in [0, 0.05) is 17.0 Å². The molecule has 1 atom stereocenters. The van der Waals surface area contributed by atoms with Gasteiger partial charge < -0.3 is 25.8 Å². The SMILES string of the molecule is Cc1c[n+]2cc(CN(C(=O)Nc3ccc(C(=O)OC(C)C)cc3)[C@@H](Cc3ccc(O)cc3)C(N)=O)n(Cc3cccc(C#N)c3)c2s1. The third kappa shape index (κ3) is 7.95. The van der Waals surface area contributed by atoms with Crippen molar-refractivity contribution in [1.82, 2.24) is 9.47 Å². The highest BCUT2D eigenvalue weighted by atomic mass is 32.1. The summed E-state index contributed by atoms with van der Waals surface area (Å²) in [6, 6.07) is 20.5. The Kier molecular flexibility index (Phi) is 9.87. The average Bonchev–Trinajstić information content (AvgIpc) is 3.55. The molecule has 0 unspecified atom stereocenters. The van der Waals surface area contributed by atoms with E-state index in [1.54, 1.807) is 67.6 Å². The second-order valence-electron chi connectivity index (χ2n) is 11.4. The predicted octanol–water partition coefficient (Wildman–Crippen LogP) is 4.92. The Bertz CT molecular complexity index is 1960. The molecule has 11 nitrogen and oxygen atoms in total. The van der Waals surface area contributed by atoms with Crippen LogP contribution in [-0.2, 0) is 29.0 Å². The molecule has 0 aliphatic rings. The number of aromatic nitrogens is 2. The molecule has 0 saturated heterocycles. The van der Waals surface area contributed by atoms with Crippen LogP contribution in [0.4, 0.5) is 10.5 Å². The topological polar surface area (TPSA) is 155 Å². The van der Waals surface area contributed by atoms with Gasteiger partial charge in [0.15, 0.2) is 5.69 Å². The average molecular weight is 652 g/mol. The van der Waals surface area contributed by atoms with E-state index in [0.29, 0.717) is 28.9 Å². The van der Waals surface area contributed by atoms with Crippen molar-refractivity contribution in [2.45, 2.75) is 52.4 Å². The number of esters is 1. The minimum Gasteiger partial charge on any atom is -0.508 e. The number of rotatable bonds is 11. The number of nitrogens with one attached hydrogen (secondary N) is 1. The molecule has 2 aromatic heterocycles. The van der Waals surface area contributed by atoms with Gasteiger partial charge in [0.25, 0.3) is 0 Å². The van der Waals surface area contributed by atoms with Gasteiger partial charge in [-0.15, -0.1) is 0 Å². The normalized spacial score (nSPS) is 11.6. The first-order valence-corrected chi connectivity index (χ1v) is 15.8. The van der Waals surface area contributed by atoms with Crippen molar-refractivity contribution in [3.63, 3.8) is 0 Å². The van der Waals surface area contributed by atoms with E-state index in [-0.39, 0.29) is 24.8 Å². The van der Waals surface area contributed by atoms with E-state index >= 15 is 0 Å². The van der Waals surface area contributed by atoms with Crippen molar-refractivity contribution < 1.29 is 28.6 Å². The van der Waals surface area contributed by atoms with Crippen molar-refractivity contribution in [2.75, 3.05) is 5.32 Å². The molecule has 4 N–H and O–H groups in total. The molecule has 0 radical (unpaired) electrons. The molecule has 0 aliphatic carbocycles. The number of fused-ring (bicyclic) bond motifs is 1. The van der Waals surface area contributed by atoms with Gasteiger partial charge in [-0.25, -0.2) is 14.2 Å². The lowest BCUT2D eigenvalue weighted by molar-refractivity contribution is -0.506. The molecular formula is C35H35N6O5S+. The second kappa shape index (κ2) is 14.2. The second-order valence-corrected chi connectivity index (χ2v) is 12.6. The van der Waals surface area contributed by atoms with Gasteiger partial charge in [0.2, 0.25) is 5.91 Å². The molecule has 5 aromatic rings. The first kappa shape index (κ1) is 32.7. The number of amides is 3. The highest BCUT2D eigenvalue weighted by Gasteiger charge is 2.32. The molecule has 47 heavy (non-hydrogen) atoms. The Morgan fingerprint density at radius 2 is 1.79 bits per heavy atom. The van der Waals surface area contributed by atoms with E-state index in [1.165, 1.54) is 17.0 Å². The van der Waals surface area contributed by atoms with Crippen molar-refractivity contribution in [3.05, 3.63) is 118 Å². The first-order valence-electron chi connectivity index (χ1n) is 15.0. The Balaban J connectivity index is 1.51. The van der Waals surface area contributed by atoms with Gasteiger partial charge in [-0.05, 0) is 80.4 Å². The minimum atomic E-state index is -1.06. The number of carbonyl (C=O) groups is 3. The smallest absolute Gasteiger partial charge is 0.346 e. The number of imidazole rings is 1. The van der Waals surface area contributed by atoms with E-state index in [2.05, 4.69) is 16.0 Å². The van der Waals surface area contributed by atoms with Crippen LogP contribution in [0.3, 0.4) is 0 Å². The lowest BCUT2D eigenvalue weighted by Crippen LogP contribution is -2.50. The zero-order valence-corrected chi connectivity index (χ0v) is 27.0. The third-order valence-electron chi connectivity index (χ3n) is 7.43. The van der Waals surface area contributed by atoms with Crippen LogP contribution in [0.25, 0.3) is 4.96 Å². The number of phenols is 1. The van der Waals surface area contributed by atoms with Crippen molar-refractivity contribution in [1.29, 1.82) is 5.26 Å². The molecule has 3 aromatic carbocycles. The molecule has 12 heteroatoms. The fourth-order valence-electron chi connectivity index (χ4n) is 5.22. The number of thiazole rings is 1. The van der Waals surface area contributed by atoms with Crippen molar-refractivity contribution in [3.8, 4) is 11.8 Å². The summed E-state index contributed by atoms with van der Waals surface area (Å²) >= 11 is 1.58. The van der Waals surface area contributed by atoms with Crippen LogP contribution in [0.2, 0.25) is 0 Å². The molecule has 0 spiro atoms. The van der Waals surface area contributed by atoms with Crippen LogP contribution in [0.5, 0.6) is 5.75 Å². The molecule has 240 valence electrons. The number of aryl methyl sites for hydroxylation is 1. The van der Waals surface area contributed by atoms with Crippen LogP contribution in [-0.4, -0.2) is 44.6 Å². The molecule has 0 bridgehead atoms. The van der Waals surface area contributed by atoms with Crippen LogP contribution in [0.15, 0.2) is 85.2 Å². The highest BCUT2D eigenvalue weighted by molar-refractivity contribution is 7.16. The zero-order chi connectivity index (χ0) is 33.7. The summed E-state index contributed by atoms with van der Waals surface area (Å²) in [6.07, 6.45) is 3.74. The maximum Gasteiger partial charge on any atom is 0.346 e. The lowest BCUT2D eigenvalue weighted by atomic mass is 10.0. The number of hydrogen-bond acceptors (Lipinski definition) is 7. The summed E-state index contributed by atoms with van der Waals surface area (Å²) in [5.41, 5.74) is 9.57. The number of benzene rings is 3. The van der Waals surface area contributed by atoms with Crippen LogP contribution >= 0.6 is 11.3 Å². The fraction of sp³-hybridized carbons (Fsp3) is 0.229. The number of carbonyl (C=O) groups excluding carboxylic acids is 3. The molecule has 0 fully saturated rings. The summed E-state index contributed by atoms with van der Waals surface area (Å²) in [5, 5.41) is 22.1. The summed E-state index contributed by atoms with van der Waals surface area (Å²) in [7, 11) is 0. The summed E-state index contributed by atoms with van der Waals surface area (Å²) < 4.78 is 9.29. The Morgan fingerprint density at radius 3 is 2.45 bits per heavy atom. The Labute approximate surface area is 276 Å². The minimum absolute atomic E-state index is 0.0156. The standard InChI is InChI=1S/C35H34N6O5S/c1-22(2)46-33(44)27-9-11-28(12-10-27)38-34(45)41(31(32(37)43)16-24-7-13-30(42)14-8-24)21-29-20-39-18-23(3)47-35(39)40(29)19-26-6-4-5-25(15-26)17-36/h4-15,18,20,22,31H,16,19,21H2,1-3H3,(H3-,37,38,42,43,44,45)/p+1/t31-/m0/s1. The van der Waals surface area contributed by atoms with E-state index in [9.17, 15) is 24.8 Å². The number of hydrogen-bond donors (Lipinski definition) is 3. The van der Waals surface area contributed by atoms with E-state index in [4.69, 9.17) is 10.5 Å². The molecule has 0 saturated carbocycles. The molecule has 2 heterocycles. The number of urea groups is 1. The van der Waals surface area contributed by atoms with Gasteiger partial charge in [0.05, 0.1) is 29.8 Å². The number of phenolic OH excluding ortho intramolecular Hbond substituents is 1. The Hall–Kier alpha value is -5.67. The number of ether oxygens (including phenoxy) is 1. The van der Waals surface area contributed by atoms with E-state index in [0.717, 1.165) is 21.1 Å². The highest BCUT2D eigenvalue weighted by Crippen LogP contribution is 2.23. The molecule has 3 amide bonds. The van der Waals surface area contributed by atoms with Crippen molar-refractivity contribution in [2.24, 2.45) is 5.73 Å².